The van der Waals surface area contributed by atoms with Crippen LogP contribution >= 0.6 is 11.6 Å². The first kappa shape index (κ1) is 19.3. The van der Waals surface area contributed by atoms with Crippen molar-refractivity contribution in [3.05, 3.63) is 59.6 Å². The van der Waals surface area contributed by atoms with Crippen LogP contribution in [0.5, 0.6) is 0 Å². The molecule has 0 fully saturated rings. The standard InChI is InChI=1S/C18H18ClN3O4/c1-12(20-18(25)22-14-7-3-2-4-8-14)17(24)26-11-16(23)21-15-9-5-6-13(19)10-15/h2-10,12H,11H2,1H3,(H,21,23)(H2,20,22,25)/t12-/m0/s1. The van der Waals surface area contributed by atoms with Gasteiger partial charge in [-0.2, -0.15) is 0 Å². The highest BCUT2D eigenvalue weighted by atomic mass is 35.5. The summed E-state index contributed by atoms with van der Waals surface area (Å²) in [5.74, 6) is -1.24. The second kappa shape index (κ2) is 9.43. The number of esters is 1. The van der Waals surface area contributed by atoms with Gasteiger partial charge in [0.15, 0.2) is 6.61 Å². The minimum atomic E-state index is -0.919. The molecule has 26 heavy (non-hydrogen) atoms. The zero-order chi connectivity index (χ0) is 18.9. The predicted octanol–water partition coefficient (Wildman–Crippen LogP) is 3.03. The molecule has 0 saturated heterocycles. The molecule has 2 aromatic carbocycles. The number of carbonyl (C=O) groups excluding carboxylic acids is 3. The summed E-state index contributed by atoms with van der Waals surface area (Å²) in [6.45, 7) is 0.986. The predicted molar refractivity (Wildman–Crippen MR) is 99.1 cm³/mol. The highest BCUT2D eigenvalue weighted by molar-refractivity contribution is 6.30. The summed E-state index contributed by atoms with van der Waals surface area (Å²) < 4.78 is 4.89. The molecule has 3 amide bonds. The average Bonchev–Trinajstić information content (AvgIpc) is 2.60. The van der Waals surface area contributed by atoms with E-state index in [2.05, 4.69) is 16.0 Å². The van der Waals surface area contributed by atoms with E-state index in [1.807, 2.05) is 6.07 Å². The van der Waals surface area contributed by atoms with E-state index in [1.54, 1.807) is 48.5 Å². The Bertz CT molecular complexity index is 783. The third kappa shape index (κ3) is 6.45. The molecular formula is C18H18ClN3O4. The van der Waals surface area contributed by atoms with Crippen LogP contribution in [-0.4, -0.2) is 30.6 Å². The number of anilines is 2. The van der Waals surface area contributed by atoms with Gasteiger partial charge in [0, 0.05) is 16.4 Å². The van der Waals surface area contributed by atoms with Crippen LogP contribution in [0, 0.1) is 0 Å². The van der Waals surface area contributed by atoms with Crippen molar-refractivity contribution in [2.24, 2.45) is 0 Å². The van der Waals surface area contributed by atoms with Crippen molar-refractivity contribution >= 4 is 40.9 Å². The van der Waals surface area contributed by atoms with Crippen molar-refractivity contribution in [2.75, 3.05) is 17.2 Å². The molecule has 0 aliphatic rings. The number of nitrogens with one attached hydrogen (secondary N) is 3. The van der Waals surface area contributed by atoms with Crippen LogP contribution in [0.25, 0.3) is 0 Å². The number of carbonyl (C=O) groups is 3. The maximum Gasteiger partial charge on any atom is 0.328 e. The topological polar surface area (TPSA) is 96.5 Å². The second-order valence-corrected chi connectivity index (χ2v) is 5.79. The monoisotopic (exact) mass is 375 g/mol. The molecule has 136 valence electrons. The second-order valence-electron chi connectivity index (χ2n) is 5.35. The minimum absolute atomic E-state index is 0.474. The molecule has 7 nitrogen and oxygen atoms in total. The summed E-state index contributed by atoms with van der Waals surface area (Å²) in [4.78, 5) is 35.5. The molecule has 2 aromatic rings. The number of rotatable bonds is 6. The van der Waals surface area contributed by atoms with Gasteiger partial charge in [0.25, 0.3) is 5.91 Å². The third-order valence-corrected chi connectivity index (χ3v) is 3.42. The van der Waals surface area contributed by atoms with Gasteiger partial charge >= 0.3 is 12.0 Å². The first-order valence-electron chi connectivity index (χ1n) is 7.78. The molecule has 0 aromatic heterocycles. The van der Waals surface area contributed by atoms with Crippen LogP contribution < -0.4 is 16.0 Å². The van der Waals surface area contributed by atoms with Crippen LogP contribution in [0.2, 0.25) is 5.02 Å². The number of hydrogen-bond donors (Lipinski definition) is 3. The normalized spacial score (nSPS) is 11.2. The number of ether oxygens (including phenoxy) is 1. The van der Waals surface area contributed by atoms with Gasteiger partial charge in [-0.05, 0) is 37.3 Å². The van der Waals surface area contributed by atoms with E-state index in [1.165, 1.54) is 6.92 Å². The fourth-order valence-corrected chi connectivity index (χ4v) is 2.16. The van der Waals surface area contributed by atoms with E-state index in [0.717, 1.165) is 0 Å². The molecule has 0 saturated carbocycles. The van der Waals surface area contributed by atoms with Crippen LogP contribution in [-0.2, 0) is 14.3 Å². The lowest BCUT2D eigenvalue weighted by atomic mass is 10.3. The average molecular weight is 376 g/mol. The number of hydrogen-bond acceptors (Lipinski definition) is 4. The summed E-state index contributed by atoms with van der Waals surface area (Å²) in [5, 5.41) is 8.04. The van der Waals surface area contributed by atoms with E-state index in [4.69, 9.17) is 16.3 Å². The van der Waals surface area contributed by atoms with E-state index in [-0.39, 0.29) is 0 Å². The van der Waals surface area contributed by atoms with E-state index >= 15 is 0 Å². The first-order valence-corrected chi connectivity index (χ1v) is 8.16. The Labute approximate surface area is 155 Å². The molecular weight excluding hydrogens is 358 g/mol. The zero-order valence-corrected chi connectivity index (χ0v) is 14.7. The number of benzene rings is 2. The molecule has 0 heterocycles. The van der Waals surface area contributed by atoms with Crippen LogP contribution in [0.4, 0.5) is 16.2 Å². The fourth-order valence-electron chi connectivity index (χ4n) is 1.97. The molecule has 2 rings (SSSR count). The van der Waals surface area contributed by atoms with Gasteiger partial charge in [-0.1, -0.05) is 35.9 Å². The van der Waals surface area contributed by atoms with Crippen molar-refractivity contribution in [1.29, 1.82) is 0 Å². The number of halogens is 1. The van der Waals surface area contributed by atoms with Crippen molar-refractivity contribution in [3.63, 3.8) is 0 Å². The third-order valence-electron chi connectivity index (χ3n) is 3.19. The van der Waals surface area contributed by atoms with E-state index in [0.29, 0.717) is 16.4 Å². The van der Waals surface area contributed by atoms with E-state index in [9.17, 15) is 14.4 Å². The summed E-state index contributed by atoms with van der Waals surface area (Å²) in [7, 11) is 0. The first-order chi connectivity index (χ1) is 12.4. The summed E-state index contributed by atoms with van der Waals surface area (Å²) in [6, 6.07) is 13.9. The Morgan fingerprint density at radius 3 is 2.38 bits per heavy atom. The smallest absolute Gasteiger partial charge is 0.328 e. The van der Waals surface area contributed by atoms with Crippen LogP contribution in [0.1, 0.15) is 6.92 Å². The van der Waals surface area contributed by atoms with Gasteiger partial charge in [0.2, 0.25) is 0 Å². The van der Waals surface area contributed by atoms with E-state index < -0.39 is 30.6 Å². The van der Waals surface area contributed by atoms with Crippen molar-refractivity contribution in [1.82, 2.24) is 5.32 Å². The molecule has 8 heteroatoms. The lowest BCUT2D eigenvalue weighted by molar-refractivity contribution is -0.148. The Balaban J connectivity index is 1.74. The number of urea groups is 1. The lowest BCUT2D eigenvalue weighted by Crippen LogP contribution is -2.42. The highest BCUT2D eigenvalue weighted by Gasteiger charge is 2.18. The molecule has 0 aliphatic heterocycles. The quantitative estimate of drug-likeness (QED) is 0.676. The molecule has 0 unspecified atom stereocenters. The number of para-hydroxylation sites is 1. The van der Waals surface area contributed by atoms with Gasteiger partial charge in [0.1, 0.15) is 6.04 Å². The SMILES string of the molecule is C[C@H](NC(=O)Nc1ccccc1)C(=O)OCC(=O)Nc1cccc(Cl)c1. The Hall–Kier alpha value is -3.06. The minimum Gasteiger partial charge on any atom is -0.454 e. The summed E-state index contributed by atoms with van der Waals surface area (Å²) in [5.41, 5.74) is 1.08. The largest absolute Gasteiger partial charge is 0.454 e. The fraction of sp³-hybridized carbons (Fsp3) is 0.167. The van der Waals surface area contributed by atoms with Crippen LogP contribution in [0.15, 0.2) is 54.6 Å². The van der Waals surface area contributed by atoms with Crippen LogP contribution in [0.3, 0.4) is 0 Å². The number of amides is 3. The highest BCUT2D eigenvalue weighted by Crippen LogP contribution is 2.14. The molecule has 0 aliphatic carbocycles. The molecule has 1 atom stereocenters. The van der Waals surface area contributed by atoms with Crippen molar-refractivity contribution in [2.45, 2.75) is 13.0 Å². The van der Waals surface area contributed by atoms with Crippen molar-refractivity contribution < 1.29 is 19.1 Å². The van der Waals surface area contributed by atoms with Gasteiger partial charge in [-0.3, -0.25) is 4.79 Å². The van der Waals surface area contributed by atoms with Gasteiger partial charge < -0.3 is 20.7 Å². The zero-order valence-electron chi connectivity index (χ0n) is 14.0. The summed E-state index contributed by atoms with van der Waals surface area (Å²) in [6.07, 6.45) is 0. The molecule has 3 N–H and O–H groups in total. The van der Waals surface area contributed by atoms with Gasteiger partial charge in [-0.15, -0.1) is 0 Å². The Morgan fingerprint density at radius 1 is 1.00 bits per heavy atom. The summed E-state index contributed by atoms with van der Waals surface area (Å²) >= 11 is 5.82. The lowest BCUT2D eigenvalue weighted by Gasteiger charge is -2.14. The van der Waals surface area contributed by atoms with Crippen molar-refractivity contribution in [3.8, 4) is 0 Å². The van der Waals surface area contributed by atoms with Gasteiger partial charge in [0.05, 0.1) is 0 Å². The Morgan fingerprint density at radius 2 is 1.69 bits per heavy atom. The Kier molecular flexibility index (Phi) is 6.99. The maximum atomic E-state index is 11.9. The molecule has 0 bridgehead atoms. The maximum absolute atomic E-state index is 11.9. The molecule has 0 radical (unpaired) electrons. The molecule has 0 spiro atoms. The van der Waals surface area contributed by atoms with Gasteiger partial charge in [-0.25, -0.2) is 9.59 Å².